The van der Waals surface area contributed by atoms with Crippen molar-refractivity contribution in [1.29, 1.82) is 0 Å². The van der Waals surface area contributed by atoms with E-state index in [1.165, 1.54) is 24.6 Å². The molecule has 0 aliphatic rings. The maximum Gasteiger partial charge on any atom is 0.283 e. The first-order valence-corrected chi connectivity index (χ1v) is 9.15. The Labute approximate surface area is 174 Å². The molecule has 8 nitrogen and oxygen atoms in total. The highest BCUT2D eigenvalue weighted by molar-refractivity contribution is 6.31. The fourth-order valence-corrected chi connectivity index (χ4v) is 2.78. The Hall–Kier alpha value is -3.72. The standard InChI is InChI=1S/C20H14ClFN4O4/c21-13-3-4-15(29-9-6-22)14(11-13)18(27)24-17-10-12(5-7-23-17)19-25-26-20(30-19)16-2-1-8-28-16/h1-5,7-8,10-11H,6,9H2,(H,23,24,27). The predicted molar refractivity (Wildman–Crippen MR) is 106 cm³/mol. The summed E-state index contributed by atoms with van der Waals surface area (Å²) in [4.78, 5) is 16.8. The summed E-state index contributed by atoms with van der Waals surface area (Å²) in [5.41, 5.74) is 0.701. The van der Waals surface area contributed by atoms with E-state index in [0.717, 1.165) is 0 Å². The number of hydrogen-bond donors (Lipinski definition) is 1. The molecule has 0 unspecified atom stereocenters. The molecule has 0 radical (unpaired) electrons. The summed E-state index contributed by atoms with van der Waals surface area (Å²) in [6.07, 6.45) is 2.99. The van der Waals surface area contributed by atoms with Crippen LogP contribution in [0.5, 0.6) is 5.75 Å². The molecule has 0 aliphatic heterocycles. The van der Waals surface area contributed by atoms with Crippen LogP contribution in [0.4, 0.5) is 10.2 Å². The molecule has 0 fully saturated rings. The lowest BCUT2D eigenvalue weighted by atomic mass is 10.2. The number of carbonyl (C=O) groups is 1. The highest BCUT2D eigenvalue weighted by Crippen LogP contribution is 2.27. The first-order chi connectivity index (χ1) is 14.6. The first-order valence-electron chi connectivity index (χ1n) is 8.77. The van der Waals surface area contributed by atoms with Gasteiger partial charge in [0, 0.05) is 16.8 Å². The second-order valence-corrected chi connectivity index (χ2v) is 6.39. The molecule has 0 aliphatic carbocycles. The molecule has 10 heteroatoms. The number of rotatable bonds is 7. The molecule has 0 atom stereocenters. The number of halogens is 2. The zero-order valence-electron chi connectivity index (χ0n) is 15.3. The largest absolute Gasteiger partial charge is 0.490 e. The summed E-state index contributed by atoms with van der Waals surface area (Å²) in [5.74, 6) is 0.841. The number of carbonyl (C=O) groups excluding carboxylic acids is 1. The number of amides is 1. The molecule has 3 heterocycles. The van der Waals surface area contributed by atoms with Crippen molar-refractivity contribution in [3.63, 3.8) is 0 Å². The van der Waals surface area contributed by atoms with E-state index >= 15 is 0 Å². The number of alkyl halides is 1. The molecule has 0 saturated heterocycles. The maximum atomic E-state index is 12.7. The Morgan fingerprint density at radius 3 is 2.83 bits per heavy atom. The minimum Gasteiger partial charge on any atom is -0.490 e. The number of hydrogen-bond acceptors (Lipinski definition) is 7. The fraction of sp³-hybridized carbons (Fsp3) is 0.100. The van der Waals surface area contributed by atoms with Gasteiger partial charge in [-0.15, -0.1) is 10.2 Å². The first kappa shape index (κ1) is 19.6. The van der Waals surface area contributed by atoms with Crippen LogP contribution in [-0.4, -0.2) is 34.4 Å². The molecular weight excluding hydrogens is 415 g/mol. The van der Waals surface area contributed by atoms with Gasteiger partial charge in [0.1, 0.15) is 24.8 Å². The van der Waals surface area contributed by atoms with E-state index in [1.807, 2.05) is 0 Å². The van der Waals surface area contributed by atoms with Crippen molar-refractivity contribution in [1.82, 2.24) is 15.2 Å². The normalized spacial score (nSPS) is 10.7. The van der Waals surface area contributed by atoms with E-state index in [1.54, 1.807) is 30.3 Å². The zero-order valence-corrected chi connectivity index (χ0v) is 16.1. The number of aromatic nitrogens is 3. The summed E-state index contributed by atoms with van der Waals surface area (Å²) in [5, 5.41) is 10.9. The van der Waals surface area contributed by atoms with Crippen molar-refractivity contribution in [2.45, 2.75) is 0 Å². The minimum absolute atomic E-state index is 0.154. The van der Waals surface area contributed by atoms with Crippen LogP contribution >= 0.6 is 11.6 Å². The highest BCUT2D eigenvalue weighted by atomic mass is 35.5. The van der Waals surface area contributed by atoms with Crippen LogP contribution in [-0.2, 0) is 0 Å². The van der Waals surface area contributed by atoms with Crippen LogP contribution < -0.4 is 10.1 Å². The molecule has 30 heavy (non-hydrogen) atoms. The topological polar surface area (TPSA) is 103 Å². The average molecular weight is 429 g/mol. The number of nitrogens with zero attached hydrogens (tertiary/aromatic N) is 3. The van der Waals surface area contributed by atoms with Gasteiger partial charge < -0.3 is 18.9 Å². The van der Waals surface area contributed by atoms with E-state index in [2.05, 4.69) is 20.5 Å². The number of benzene rings is 1. The molecule has 0 saturated carbocycles. The van der Waals surface area contributed by atoms with Crippen molar-refractivity contribution in [2.24, 2.45) is 0 Å². The van der Waals surface area contributed by atoms with Crippen LogP contribution in [0.3, 0.4) is 0 Å². The lowest BCUT2D eigenvalue weighted by Gasteiger charge is -2.11. The number of pyridine rings is 1. The van der Waals surface area contributed by atoms with Gasteiger partial charge in [0.15, 0.2) is 5.76 Å². The van der Waals surface area contributed by atoms with Crippen molar-refractivity contribution in [2.75, 3.05) is 18.6 Å². The van der Waals surface area contributed by atoms with Crippen LogP contribution in [0, 0.1) is 0 Å². The van der Waals surface area contributed by atoms with Gasteiger partial charge in [0.05, 0.1) is 11.8 Å². The maximum absolute atomic E-state index is 12.7. The molecular formula is C20H14ClFN4O4. The summed E-state index contributed by atoms with van der Waals surface area (Å²) in [6, 6.07) is 11.1. The van der Waals surface area contributed by atoms with Crippen molar-refractivity contribution < 1.29 is 22.8 Å². The average Bonchev–Trinajstić information content (AvgIpc) is 3.45. The predicted octanol–water partition coefficient (Wildman–Crippen LogP) is 4.65. The summed E-state index contributed by atoms with van der Waals surface area (Å²) in [7, 11) is 0. The van der Waals surface area contributed by atoms with E-state index in [0.29, 0.717) is 16.3 Å². The minimum atomic E-state index is -0.683. The number of ether oxygens (including phenoxy) is 1. The summed E-state index contributed by atoms with van der Waals surface area (Å²) in [6.45, 7) is -0.859. The van der Waals surface area contributed by atoms with Crippen LogP contribution in [0.1, 0.15) is 10.4 Å². The van der Waals surface area contributed by atoms with Crippen molar-refractivity contribution >= 4 is 23.3 Å². The van der Waals surface area contributed by atoms with E-state index in [-0.39, 0.29) is 35.5 Å². The molecule has 1 amide bonds. The second-order valence-electron chi connectivity index (χ2n) is 5.95. The van der Waals surface area contributed by atoms with Gasteiger partial charge in [0.25, 0.3) is 11.8 Å². The van der Waals surface area contributed by atoms with Gasteiger partial charge in [-0.2, -0.15) is 0 Å². The van der Waals surface area contributed by atoms with Gasteiger partial charge >= 0.3 is 0 Å². The Bertz CT molecular complexity index is 1160. The van der Waals surface area contributed by atoms with Crippen LogP contribution in [0.2, 0.25) is 5.02 Å². The molecule has 1 aromatic carbocycles. The molecule has 152 valence electrons. The highest BCUT2D eigenvalue weighted by Gasteiger charge is 2.16. The monoisotopic (exact) mass is 428 g/mol. The zero-order chi connectivity index (χ0) is 20.9. The van der Waals surface area contributed by atoms with Crippen molar-refractivity contribution in [3.05, 3.63) is 65.5 Å². The lowest BCUT2D eigenvalue weighted by molar-refractivity contribution is 0.102. The SMILES string of the molecule is O=C(Nc1cc(-c2nnc(-c3ccco3)o2)ccn1)c1cc(Cl)ccc1OCCF. The Balaban J connectivity index is 1.55. The summed E-state index contributed by atoms with van der Waals surface area (Å²) >= 11 is 5.99. The fourth-order valence-electron chi connectivity index (χ4n) is 2.61. The van der Waals surface area contributed by atoms with Crippen LogP contribution in [0.15, 0.2) is 63.8 Å². The van der Waals surface area contributed by atoms with Gasteiger partial charge in [-0.3, -0.25) is 4.79 Å². The lowest BCUT2D eigenvalue weighted by Crippen LogP contribution is -2.15. The third-order valence-electron chi connectivity index (χ3n) is 3.93. The third kappa shape index (κ3) is 4.31. The number of furan rings is 1. The van der Waals surface area contributed by atoms with E-state index < -0.39 is 12.6 Å². The number of anilines is 1. The molecule has 4 rings (SSSR count). The Morgan fingerprint density at radius 2 is 2.03 bits per heavy atom. The van der Waals surface area contributed by atoms with Gasteiger partial charge in [-0.25, -0.2) is 9.37 Å². The molecule has 3 aromatic heterocycles. The molecule has 4 aromatic rings. The van der Waals surface area contributed by atoms with Gasteiger partial charge in [-0.05, 0) is 42.5 Å². The Morgan fingerprint density at radius 1 is 1.17 bits per heavy atom. The van der Waals surface area contributed by atoms with E-state index in [4.69, 9.17) is 25.2 Å². The van der Waals surface area contributed by atoms with Gasteiger partial charge in [-0.1, -0.05) is 11.6 Å². The molecule has 1 N–H and O–H groups in total. The second kappa shape index (κ2) is 8.75. The summed E-state index contributed by atoms with van der Waals surface area (Å²) < 4.78 is 28.6. The quantitative estimate of drug-likeness (QED) is 0.457. The smallest absolute Gasteiger partial charge is 0.283 e. The number of nitrogens with one attached hydrogen (secondary N) is 1. The Kier molecular flexibility index (Phi) is 5.71. The van der Waals surface area contributed by atoms with Crippen LogP contribution in [0.25, 0.3) is 23.1 Å². The third-order valence-corrected chi connectivity index (χ3v) is 4.16. The van der Waals surface area contributed by atoms with E-state index in [9.17, 15) is 9.18 Å². The van der Waals surface area contributed by atoms with Crippen molar-refractivity contribution in [3.8, 4) is 28.9 Å². The van der Waals surface area contributed by atoms with Gasteiger partial charge in [0.2, 0.25) is 5.89 Å². The molecule has 0 bridgehead atoms. The molecule has 0 spiro atoms.